The Kier molecular flexibility index (Phi) is 3.32. The van der Waals surface area contributed by atoms with Gasteiger partial charge in [-0.15, -0.1) is 0 Å². The van der Waals surface area contributed by atoms with Crippen molar-refractivity contribution in [3.63, 3.8) is 0 Å². The Hall–Kier alpha value is -0.530. The first kappa shape index (κ1) is 11.0. The number of benzene rings is 1. The number of nitrogens with zero attached hydrogens (tertiary/aromatic N) is 1. The molecular formula is C12H13Cl2N. The maximum Gasteiger partial charge on any atom is 0.0762 e. The number of hydrogen-bond acceptors (Lipinski definition) is 1. The maximum atomic E-state index is 6.16. The maximum absolute atomic E-state index is 6.16. The first-order valence-electron chi connectivity index (χ1n) is 5.15. The zero-order valence-corrected chi connectivity index (χ0v) is 10.1. The average molecular weight is 242 g/mol. The highest BCUT2D eigenvalue weighted by atomic mass is 35.5. The summed E-state index contributed by atoms with van der Waals surface area (Å²) in [7, 11) is 0. The lowest BCUT2D eigenvalue weighted by atomic mass is 9.97. The van der Waals surface area contributed by atoms with Gasteiger partial charge in [-0.3, -0.25) is 4.99 Å². The first-order valence-corrected chi connectivity index (χ1v) is 5.90. The molecule has 2 rings (SSSR count). The van der Waals surface area contributed by atoms with Crippen LogP contribution in [-0.2, 0) is 0 Å². The van der Waals surface area contributed by atoms with Crippen LogP contribution in [0.3, 0.4) is 0 Å². The van der Waals surface area contributed by atoms with Gasteiger partial charge in [0.2, 0.25) is 0 Å². The summed E-state index contributed by atoms with van der Waals surface area (Å²) in [4.78, 5) is 4.63. The van der Waals surface area contributed by atoms with E-state index >= 15 is 0 Å². The standard InChI is InChI=1S/C12H13Cl2N/c1-8-3-2-4-12(15-8)10-6-5-9(13)7-11(10)14/h5-7,12H,2-4H2,1H3. The minimum atomic E-state index is 0.225. The number of rotatable bonds is 1. The van der Waals surface area contributed by atoms with Gasteiger partial charge in [-0.05, 0) is 43.9 Å². The minimum absolute atomic E-state index is 0.225. The topological polar surface area (TPSA) is 12.4 Å². The van der Waals surface area contributed by atoms with E-state index in [2.05, 4.69) is 11.9 Å². The number of hydrogen-bond donors (Lipinski definition) is 0. The highest BCUT2D eigenvalue weighted by Gasteiger charge is 2.17. The van der Waals surface area contributed by atoms with Gasteiger partial charge in [0.1, 0.15) is 0 Å². The van der Waals surface area contributed by atoms with E-state index in [1.807, 2.05) is 12.1 Å². The lowest BCUT2D eigenvalue weighted by Crippen LogP contribution is -2.07. The van der Waals surface area contributed by atoms with E-state index < -0.39 is 0 Å². The molecule has 1 aliphatic heterocycles. The van der Waals surface area contributed by atoms with Gasteiger partial charge in [-0.25, -0.2) is 0 Å². The molecule has 0 radical (unpaired) electrons. The fourth-order valence-electron chi connectivity index (χ4n) is 1.94. The Morgan fingerprint density at radius 1 is 1.33 bits per heavy atom. The number of halogens is 2. The SMILES string of the molecule is CC1=NC(c2ccc(Cl)cc2Cl)CCC1. The monoisotopic (exact) mass is 241 g/mol. The third-order valence-electron chi connectivity index (χ3n) is 2.71. The smallest absolute Gasteiger partial charge is 0.0762 e. The summed E-state index contributed by atoms with van der Waals surface area (Å²) >= 11 is 12.0. The first-order chi connectivity index (χ1) is 7.16. The molecule has 0 fully saturated rings. The van der Waals surface area contributed by atoms with Gasteiger partial charge in [0.05, 0.1) is 6.04 Å². The van der Waals surface area contributed by atoms with Crippen molar-refractivity contribution in [1.82, 2.24) is 0 Å². The summed E-state index contributed by atoms with van der Waals surface area (Å²) in [5.74, 6) is 0. The van der Waals surface area contributed by atoms with Crippen LogP contribution in [0.2, 0.25) is 10.0 Å². The molecule has 1 aliphatic rings. The van der Waals surface area contributed by atoms with Gasteiger partial charge in [-0.1, -0.05) is 29.3 Å². The van der Waals surface area contributed by atoms with E-state index in [1.54, 1.807) is 6.07 Å². The van der Waals surface area contributed by atoms with E-state index in [-0.39, 0.29) is 6.04 Å². The van der Waals surface area contributed by atoms with Crippen molar-refractivity contribution in [3.05, 3.63) is 33.8 Å². The van der Waals surface area contributed by atoms with Crippen molar-refractivity contribution in [2.24, 2.45) is 4.99 Å². The van der Waals surface area contributed by atoms with Crippen molar-refractivity contribution in [2.75, 3.05) is 0 Å². The van der Waals surface area contributed by atoms with Crippen LogP contribution < -0.4 is 0 Å². The molecule has 1 nitrogen and oxygen atoms in total. The van der Waals surface area contributed by atoms with Crippen LogP contribution in [0.25, 0.3) is 0 Å². The highest BCUT2D eigenvalue weighted by Crippen LogP contribution is 2.33. The van der Waals surface area contributed by atoms with Gasteiger partial charge in [0.25, 0.3) is 0 Å². The largest absolute Gasteiger partial charge is 0.286 e. The summed E-state index contributed by atoms with van der Waals surface area (Å²) in [6, 6.07) is 5.88. The Bertz CT molecular complexity index is 399. The van der Waals surface area contributed by atoms with Crippen molar-refractivity contribution >= 4 is 28.9 Å². The molecule has 0 aromatic heterocycles. The lowest BCUT2D eigenvalue weighted by molar-refractivity contribution is 0.595. The van der Waals surface area contributed by atoms with E-state index in [0.717, 1.165) is 23.4 Å². The molecule has 1 heterocycles. The van der Waals surface area contributed by atoms with Crippen molar-refractivity contribution in [1.29, 1.82) is 0 Å². The van der Waals surface area contributed by atoms with Crippen molar-refractivity contribution < 1.29 is 0 Å². The molecule has 3 heteroatoms. The predicted octanol–water partition coefficient (Wildman–Crippen LogP) is 4.68. The summed E-state index contributed by atoms with van der Waals surface area (Å²) in [5.41, 5.74) is 2.32. The van der Waals surface area contributed by atoms with Crippen LogP contribution in [0, 0.1) is 0 Å². The molecule has 1 unspecified atom stereocenters. The molecule has 0 amide bonds. The van der Waals surface area contributed by atoms with Gasteiger partial charge in [0, 0.05) is 15.8 Å². The molecule has 1 atom stereocenters. The van der Waals surface area contributed by atoms with Gasteiger partial charge in [-0.2, -0.15) is 0 Å². The minimum Gasteiger partial charge on any atom is -0.286 e. The van der Waals surface area contributed by atoms with Crippen LogP contribution in [-0.4, -0.2) is 5.71 Å². The Morgan fingerprint density at radius 2 is 2.13 bits per heavy atom. The van der Waals surface area contributed by atoms with Crippen LogP contribution in [0.1, 0.15) is 37.8 Å². The fourth-order valence-corrected chi connectivity index (χ4v) is 2.48. The predicted molar refractivity (Wildman–Crippen MR) is 66.2 cm³/mol. The Labute approximate surface area is 100 Å². The van der Waals surface area contributed by atoms with Gasteiger partial charge in [0.15, 0.2) is 0 Å². The average Bonchev–Trinajstić information content (AvgIpc) is 2.17. The number of aliphatic imine (C=N–C) groups is 1. The second-order valence-electron chi connectivity index (χ2n) is 3.94. The molecule has 0 saturated carbocycles. The quantitative estimate of drug-likeness (QED) is 0.678. The Morgan fingerprint density at radius 3 is 2.80 bits per heavy atom. The van der Waals surface area contributed by atoms with Crippen LogP contribution >= 0.6 is 23.2 Å². The van der Waals surface area contributed by atoms with E-state index in [9.17, 15) is 0 Å². The third kappa shape index (κ3) is 2.53. The van der Waals surface area contributed by atoms with E-state index in [0.29, 0.717) is 5.02 Å². The molecule has 0 saturated heterocycles. The van der Waals surface area contributed by atoms with Crippen molar-refractivity contribution in [3.8, 4) is 0 Å². The molecule has 0 bridgehead atoms. The lowest BCUT2D eigenvalue weighted by Gasteiger charge is -2.20. The molecular weight excluding hydrogens is 229 g/mol. The summed E-state index contributed by atoms with van der Waals surface area (Å²) < 4.78 is 0. The fraction of sp³-hybridized carbons (Fsp3) is 0.417. The second kappa shape index (κ2) is 4.54. The zero-order chi connectivity index (χ0) is 10.8. The van der Waals surface area contributed by atoms with Crippen molar-refractivity contribution in [2.45, 2.75) is 32.2 Å². The molecule has 0 N–H and O–H groups in total. The highest BCUT2D eigenvalue weighted by molar-refractivity contribution is 6.35. The van der Waals surface area contributed by atoms with Gasteiger partial charge >= 0.3 is 0 Å². The molecule has 0 aliphatic carbocycles. The molecule has 15 heavy (non-hydrogen) atoms. The molecule has 1 aromatic carbocycles. The Balaban J connectivity index is 2.33. The summed E-state index contributed by atoms with van der Waals surface area (Å²) in [5, 5.41) is 1.41. The van der Waals surface area contributed by atoms with Crippen LogP contribution in [0.5, 0.6) is 0 Å². The summed E-state index contributed by atoms with van der Waals surface area (Å²) in [6.45, 7) is 2.08. The third-order valence-corrected chi connectivity index (χ3v) is 3.28. The molecule has 80 valence electrons. The normalized spacial score (nSPS) is 21.3. The molecule has 1 aromatic rings. The summed E-state index contributed by atoms with van der Waals surface area (Å²) in [6.07, 6.45) is 3.39. The second-order valence-corrected chi connectivity index (χ2v) is 4.78. The van der Waals surface area contributed by atoms with E-state index in [4.69, 9.17) is 23.2 Å². The van der Waals surface area contributed by atoms with Crippen LogP contribution in [0.15, 0.2) is 23.2 Å². The van der Waals surface area contributed by atoms with Crippen LogP contribution in [0.4, 0.5) is 0 Å². The van der Waals surface area contributed by atoms with Gasteiger partial charge < -0.3 is 0 Å². The molecule has 0 spiro atoms. The van der Waals surface area contributed by atoms with E-state index in [1.165, 1.54) is 12.1 Å². The zero-order valence-electron chi connectivity index (χ0n) is 8.63.